The zero-order valence-electron chi connectivity index (χ0n) is 7.88. The van der Waals surface area contributed by atoms with Gasteiger partial charge in [-0.15, -0.1) is 0 Å². The van der Waals surface area contributed by atoms with Crippen molar-refractivity contribution >= 4 is 5.78 Å². The van der Waals surface area contributed by atoms with Gasteiger partial charge in [-0.25, -0.2) is 0 Å². The molecule has 0 aromatic carbocycles. The van der Waals surface area contributed by atoms with E-state index in [1.165, 1.54) is 25.7 Å². The minimum absolute atomic E-state index is 0.0746. The molecule has 2 N–H and O–H groups in total. The lowest BCUT2D eigenvalue weighted by Gasteiger charge is -2.11. The zero-order chi connectivity index (χ0) is 8.97. The molecule has 1 aliphatic carbocycles. The van der Waals surface area contributed by atoms with Crippen LogP contribution in [0.5, 0.6) is 0 Å². The summed E-state index contributed by atoms with van der Waals surface area (Å²) in [4.78, 5) is 11.5. The van der Waals surface area contributed by atoms with Gasteiger partial charge in [-0.05, 0) is 5.92 Å². The second-order valence-corrected chi connectivity index (χ2v) is 3.96. The normalized spacial score (nSPS) is 21.2. The van der Waals surface area contributed by atoms with Crippen LogP contribution in [0.3, 0.4) is 0 Å². The summed E-state index contributed by atoms with van der Waals surface area (Å²) >= 11 is 0. The van der Waals surface area contributed by atoms with Crippen molar-refractivity contribution < 1.29 is 4.79 Å². The summed E-state index contributed by atoms with van der Waals surface area (Å²) < 4.78 is 0. The van der Waals surface area contributed by atoms with Crippen molar-refractivity contribution in [2.24, 2.45) is 17.6 Å². The van der Waals surface area contributed by atoms with E-state index in [-0.39, 0.29) is 5.92 Å². The van der Waals surface area contributed by atoms with E-state index in [2.05, 4.69) is 0 Å². The van der Waals surface area contributed by atoms with Crippen LogP contribution in [0.25, 0.3) is 0 Å². The Kier molecular flexibility index (Phi) is 3.73. The molecule has 0 heterocycles. The molecule has 0 amide bonds. The highest BCUT2D eigenvalue weighted by molar-refractivity contribution is 5.81. The first-order valence-corrected chi connectivity index (χ1v) is 4.96. The van der Waals surface area contributed by atoms with E-state index < -0.39 is 0 Å². The fourth-order valence-electron chi connectivity index (χ4n) is 1.83. The van der Waals surface area contributed by atoms with E-state index in [0.717, 1.165) is 6.42 Å². The van der Waals surface area contributed by atoms with E-state index >= 15 is 0 Å². The van der Waals surface area contributed by atoms with Crippen LogP contribution in [0.2, 0.25) is 0 Å². The van der Waals surface area contributed by atoms with E-state index in [1.54, 1.807) is 0 Å². The molecule has 0 aromatic heterocycles. The fourth-order valence-corrected chi connectivity index (χ4v) is 1.83. The molecule has 1 fully saturated rings. The van der Waals surface area contributed by atoms with Crippen molar-refractivity contribution in [3.05, 3.63) is 0 Å². The summed E-state index contributed by atoms with van der Waals surface area (Å²) in [5, 5.41) is 0. The third kappa shape index (κ3) is 2.59. The largest absolute Gasteiger partial charge is 0.330 e. The van der Waals surface area contributed by atoms with Crippen LogP contribution in [0.1, 0.15) is 39.0 Å². The molecular weight excluding hydrogens is 150 g/mol. The van der Waals surface area contributed by atoms with E-state index in [9.17, 15) is 4.79 Å². The highest BCUT2D eigenvalue weighted by Crippen LogP contribution is 2.28. The van der Waals surface area contributed by atoms with Crippen LogP contribution in [0.15, 0.2) is 0 Å². The highest BCUT2D eigenvalue weighted by Gasteiger charge is 2.20. The first kappa shape index (κ1) is 9.72. The Morgan fingerprint density at radius 2 is 2.08 bits per heavy atom. The quantitative estimate of drug-likeness (QED) is 0.696. The van der Waals surface area contributed by atoms with Crippen molar-refractivity contribution in [1.82, 2.24) is 0 Å². The summed E-state index contributed by atoms with van der Waals surface area (Å²) in [6.07, 6.45) is 5.91. The summed E-state index contributed by atoms with van der Waals surface area (Å²) in [6, 6.07) is 0. The molecule has 0 radical (unpaired) electrons. The Balaban J connectivity index is 2.25. The number of nitrogens with two attached hydrogens (primary N) is 1. The zero-order valence-corrected chi connectivity index (χ0v) is 7.88. The average Bonchev–Trinajstić information content (AvgIpc) is 2.55. The number of hydrogen-bond acceptors (Lipinski definition) is 2. The van der Waals surface area contributed by atoms with Crippen LogP contribution in [-0.2, 0) is 4.79 Å². The number of ketones is 1. The molecule has 1 atom stereocenters. The molecule has 0 aliphatic heterocycles. The topological polar surface area (TPSA) is 43.1 Å². The number of Topliss-reactive ketones (excluding diaryl/α,β-unsaturated/α-hetero) is 1. The minimum atomic E-state index is 0.0746. The van der Waals surface area contributed by atoms with E-state index in [4.69, 9.17) is 5.73 Å². The predicted molar refractivity (Wildman–Crippen MR) is 49.8 cm³/mol. The molecule has 0 bridgehead atoms. The smallest absolute Gasteiger partial charge is 0.137 e. The van der Waals surface area contributed by atoms with Crippen molar-refractivity contribution in [3.8, 4) is 0 Å². The van der Waals surface area contributed by atoms with Gasteiger partial charge in [0.05, 0.1) is 0 Å². The summed E-state index contributed by atoms with van der Waals surface area (Å²) in [5.41, 5.74) is 5.43. The number of hydrogen-bond donors (Lipinski definition) is 1. The lowest BCUT2D eigenvalue weighted by Crippen LogP contribution is -2.22. The second-order valence-electron chi connectivity index (χ2n) is 3.96. The Hall–Kier alpha value is -0.370. The van der Waals surface area contributed by atoms with Gasteiger partial charge in [0, 0.05) is 18.9 Å². The van der Waals surface area contributed by atoms with Gasteiger partial charge in [0.25, 0.3) is 0 Å². The average molecular weight is 169 g/mol. The Morgan fingerprint density at radius 1 is 1.50 bits per heavy atom. The van der Waals surface area contributed by atoms with Crippen molar-refractivity contribution in [3.63, 3.8) is 0 Å². The number of carbonyl (C=O) groups is 1. The van der Waals surface area contributed by atoms with Crippen LogP contribution in [0, 0.1) is 11.8 Å². The SMILES string of the molecule is CC(CN)C(=O)CC1CCCC1. The number of rotatable bonds is 4. The molecule has 1 rings (SSSR count). The monoisotopic (exact) mass is 169 g/mol. The molecule has 2 heteroatoms. The van der Waals surface area contributed by atoms with E-state index in [1.807, 2.05) is 6.92 Å². The van der Waals surface area contributed by atoms with E-state index in [0.29, 0.717) is 18.2 Å². The maximum atomic E-state index is 11.5. The summed E-state index contributed by atoms with van der Waals surface area (Å²) in [5.74, 6) is 1.11. The van der Waals surface area contributed by atoms with Crippen molar-refractivity contribution in [2.75, 3.05) is 6.54 Å². The summed E-state index contributed by atoms with van der Waals surface area (Å²) in [6.45, 7) is 2.43. The number of carbonyl (C=O) groups excluding carboxylic acids is 1. The lowest BCUT2D eigenvalue weighted by atomic mass is 9.94. The Labute approximate surface area is 74.5 Å². The van der Waals surface area contributed by atoms with Crippen LogP contribution < -0.4 is 5.73 Å². The van der Waals surface area contributed by atoms with Crippen molar-refractivity contribution in [2.45, 2.75) is 39.0 Å². The predicted octanol–water partition coefficient (Wildman–Crippen LogP) is 1.73. The first-order valence-electron chi connectivity index (χ1n) is 4.96. The van der Waals surface area contributed by atoms with Crippen LogP contribution in [-0.4, -0.2) is 12.3 Å². The minimum Gasteiger partial charge on any atom is -0.330 e. The second kappa shape index (κ2) is 4.61. The van der Waals surface area contributed by atoms with Gasteiger partial charge in [-0.3, -0.25) is 4.79 Å². The first-order chi connectivity index (χ1) is 5.74. The molecule has 12 heavy (non-hydrogen) atoms. The van der Waals surface area contributed by atoms with Crippen molar-refractivity contribution in [1.29, 1.82) is 0 Å². The fraction of sp³-hybridized carbons (Fsp3) is 0.900. The molecule has 0 saturated heterocycles. The van der Waals surface area contributed by atoms with Crippen LogP contribution in [0.4, 0.5) is 0 Å². The van der Waals surface area contributed by atoms with Gasteiger partial charge in [0.1, 0.15) is 5.78 Å². The maximum absolute atomic E-state index is 11.5. The van der Waals surface area contributed by atoms with Gasteiger partial charge in [0.2, 0.25) is 0 Å². The van der Waals surface area contributed by atoms with Gasteiger partial charge in [0.15, 0.2) is 0 Å². The van der Waals surface area contributed by atoms with Gasteiger partial charge >= 0.3 is 0 Å². The lowest BCUT2D eigenvalue weighted by molar-refractivity contribution is -0.123. The Bertz CT molecular complexity index is 150. The third-order valence-corrected chi connectivity index (χ3v) is 2.87. The molecule has 1 saturated carbocycles. The highest BCUT2D eigenvalue weighted by atomic mass is 16.1. The standard InChI is InChI=1S/C10H19NO/c1-8(7-11)10(12)6-9-4-2-3-5-9/h8-9H,2-7,11H2,1H3. The maximum Gasteiger partial charge on any atom is 0.137 e. The van der Waals surface area contributed by atoms with Gasteiger partial charge in [-0.2, -0.15) is 0 Å². The molecule has 0 aromatic rings. The molecule has 0 spiro atoms. The molecule has 70 valence electrons. The third-order valence-electron chi connectivity index (χ3n) is 2.87. The molecule has 2 nitrogen and oxygen atoms in total. The molecular formula is C10H19NO. The summed E-state index contributed by atoms with van der Waals surface area (Å²) in [7, 11) is 0. The van der Waals surface area contributed by atoms with Gasteiger partial charge in [-0.1, -0.05) is 32.6 Å². The van der Waals surface area contributed by atoms with Gasteiger partial charge < -0.3 is 5.73 Å². The molecule has 1 aliphatic rings. The van der Waals surface area contributed by atoms with Crippen LogP contribution >= 0.6 is 0 Å². The Morgan fingerprint density at radius 3 is 2.58 bits per heavy atom. The molecule has 1 unspecified atom stereocenters.